The highest BCUT2D eigenvalue weighted by molar-refractivity contribution is 8.93. The van der Waals surface area contributed by atoms with Crippen molar-refractivity contribution in [1.29, 1.82) is 0 Å². The first-order valence-electron chi connectivity index (χ1n) is 8.12. The Morgan fingerprint density at radius 2 is 2.14 bits per heavy atom. The number of rotatable bonds is 3. The van der Waals surface area contributed by atoms with E-state index in [9.17, 15) is 5.11 Å². The molecule has 1 aliphatic heterocycles. The zero-order valence-corrected chi connectivity index (χ0v) is 15.1. The number of likely N-dealkylation sites (tertiary alicyclic amines) is 1. The number of phenolic OH excluding ortho intramolecular Hbond substituents is 1. The summed E-state index contributed by atoms with van der Waals surface area (Å²) in [5.41, 5.74) is 3.09. The first-order valence-corrected chi connectivity index (χ1v) is 8.12. The molecule has 3 rings (SSSR count). The van der Waals surface area contributed by atoms with Crippen LogP contribution >= 0.6 is 17.0 Å². The summed E-state index contributed by atoms with van der Waals surface area (Å²) in [7, 11) is 0. The lowest BCUT2D eigenvalue weighted by molar-refractivity contribution is 0.0306. The van der Waals surface area contributed by atoms with Gasteiger partial charge in [-0.25, -0.2) is 0 Å². The van der Waals surface area contributed by atoms with Gasteiger partial charge in [0.1, 0.15) is 5.75 Å². The smallest absolute Gasteiger partial charge is 0.115 e. The first-order chi connectivity index (χ1) is 9.56. The van der Waals surface area contributed by atoms with Crippen molar-refractivity contribution in [2.45, 2.75) is 57.9 Å². The van der Waals surface area contributed by atoms with Crippen LogP contribution in [-0.2, 0) is 11.8 Å². The van der Waals surface area contributed by atoms with Crippen molar-refractivity contribution < 1.29 is 5.11 Å². The van der Waals surface area contributed by atoms with Crippen molar-refractivity contribution in [3.05, 3.63) is 29.3 Å². The molecule has 2 aliphatic rings. The van der Waals surface area contributed by atoms with Crippen LogP contribution in [0.2, 0.25) is 0 Å². The Balaban J connectivity index is 0.00000161. The molecule has 0 saturated carbocycles. The van der Waals surface area contributed by atoms with Crippen LogP contribution in [0.4, 0.5) is 0 Å². The maximum absolute atomic E-state index is 9.84. The highest BCUT2D eigenvalue weighted by Crippen LogP contribution is 2.49. The number of hydrogen-bond donors (Lipinski definition) is 1. The molecule has 0 radical (unpaired) electrons. The molecule has 1 aliphatic carbocycles. The minimum absolute atomic E-state index is 0. The van der Waals surface area contributed by atoms with E-state index in [-0.39, 0.29) is 22.4 Å². The van der Waals surface area contributed by atoms with Gasteiger partial charge in [-0.2, -0.15) is 0 Å². The lowest BCUT2D eigenvalue weighted by Gasteiger charge is -2.54. The molecule has 118 valence electrons. The monoisotopic (exact) mass is 353 g/mol. The third kappa shape index (κ3) is 2.75. The van der Waals surface area contributed by atoms with Gasteiger partial charge in [0, 0.05) is 6.04 Å². The molecule has 2 bridgehead atoms. The standard InChI is InChI=1S/C18H27NO.BrH/c1-4-5-9-19-10-8-18(3)13(2)17(19)11-14-6-7-15(20)12-16(14)18;/h6-7,12-13,17,20H,4-5,8-11H2,1-3H3;1H. The molecular formula is C18H28BrNO. The van der Waals surface area contributed by atoms with Crippen LogP contribution in [-0.4, -0.2) is 29.1 Å². The number of benzene rings is 1. The number of fused-ring (bicyclic) bond motifs is 4. The van der Waals surface area contributed by atoms with E-state index in [1.54, 1.807) is 0 Å². The van der Waals surface area contributed by atoms with Crippen LogP contribution in [0.15, 0.2) is 18.2 Å². The van der Waals surface area contributed by atoms with Gasteiger partial charge in [0.15, 0.2) is 0 Å². The van der Waals surface area contributed by atoms with Crippen molar-refractivity contribution in [2.24, 2.45) is 5.92 Å². The van der Waals surface area contributed by atoms with Gasteiger partial charge in [0.25, 0.3) is 0 Å². The topological polar surface area (TPSA) is 23.5 Å². The zero-order valence-electron chi connectivity index (χ0n) is 13.4. The maximum atomic E-state index is 9.84. The van der Waals surface area contributed by atoms with Crippen LogP contribution in [0, 0.1) is 5.92 Å². The van der Waals surface area contributed by atoms with Crippen molar-refractivity contribution in [2.75, 3.05) is 13.1 Å². The second-order valence-corrected chi connectivity index (χ2v) is 6.96. The Labute approximate surface area is 139 Å². The van der Waals surface area contributed by atoms with Crippen molar-refractivity contribution in [3.8, 4) is 5.75 Å². The number of halogens is 1. The highest BCUT2D eigenvalue weighted by atomic mass is 79.9. The molecular weight excluding hydrogens is 326 g/mol. The minimum atomic E-state index is 0. The first kappa shape index (κ1) is 16.8. The molecule has 0 spiro atoms. The molecule has 1 fully saturated rings. The number of aromatic hydroxyl groups is 1. The van der Waals surface area contributed by atoms with E-state index in [0.29, 0.717) is 17.7 Å². The summed E-state index contributed by atoms with van der Waals surface area (Å²) in [5.74, 6) is 1.09. The molecule has 1 aromatic rings. The van der Waals surface area contributed by atoms with E-state index in [1.807, 2.05) is 12.1 Å². The predicted octanol–water partition coefficient (Wildman–Crippen LogP) is 4.29. The van der Waals surface area contributed by atoms with Gasteiger partial charge in [-0.05, 0) is 66.9 Å². The SMILES string of the molecule is Br.CCCCN1CCC2(C)c3cc(O)ccc3CC1C2C. The number of unbranched alkanes of at least 4 members (excludes halogenated alkanes) is 1. The van der Waals surface area contributed by atoms with E-state index in [2.05, 4.69) is 31.7 Å². The van der Waals surface area contributed by atoms with Crippen LogP contribution in [0.3, 0.4) is 0 Å². The van der Waals surface area contributed by atoms with Gasteiger partial charge in [-0.15, -0.1) is 17.0 Å². The largest absolute Gasteiger partial charge is 0.508 e. The Bertz CT molecular complexity index is 504. The van der Waals surface area contributed by atoms with Crippen LogP contribution < -0.4 is 0 Å². The third-order valence-electron chi connectivity index (χ3n) is 5.91. The minimum Gasteiger partial charge on any atom is -0.508 e. The lowest BCUT2D eigenvalue weighted by Crippen LogP contribution is -2.58. The second-order valence-electron chi connectivity index (χ2n) is 6.96. The number of piperidine rings is 1. The predicted molar refractivity (Wildman–Crippen MR) is 93.5 cm³/mol. The van der Waals surface area contributed by atoms with Crippen LogP contribution in [0.5, 0.6) is 5.75 Å². The molecule has 1 N–H and O–H groups in total. The number of hydrogen-bond acceptors (Lipinski definition) is 2. The summed E-state index contributed by atoms with van der Waals surface area (Å²) >= 11 is 0. The molecule has 0 aromatic heterocycles. The summed E-state index contributed by atoms with van der Waals surface area (Å²) in [6, 6.07) is 6.69. The van der Waals surface area contributed by atoms with Crippen molar-refractivity contribution in [3.63, 3.8) is 0 Å². The molecule has 1 aromatic carbocycles. The van der Waals surface area contributed by atoms with E-state index in [0.717, 1.165) is 6.42 Å². The van der Waals surface area contributed by atoms with Gasteiger partial charge >= 0.3 is 0 Å². The van der Waals surface area contributed by atoms with Crippen molar-refractivity contribution in [1.82, 2.24) is 4.90 Å². The van der Waals surface area contributed by atoms with Crippen molar-refractivity contribution >= 4 is 17.0 Å². The molecule has 0 amide bonds. The number of nitrogens with zero attached hydrogens (tertiary/aromatic N) is 1. The van der Waals surface area contributed by atoms with Gasteiger partial charge in [0.2, 0.25) is 0 Å². The third-order valence-corrected chi connectivity index (χ3v) is 5.91. The maximum Gasteiger partial charge on any atom is 0.115 e. The zero-order chi connectivity index (χ0) is 14.3. The lowest BCUT2D eigenvalue weighted by atomic mass is 9.59. The highest BCUT2D eigenvalue weighted by Gasteiger charge is 2.48. The normalized spacial score (nSPS) is 31.4. The van der Waals surface area contributed by atoms with Gasteiger partial charge in [-0.1, -0.05) is 33.3 Å². The fourth-order valence-corrected chi connectivity index (χ4v) is 4.33. The molecule has 3 atom stereocenters. The Morgan fingerprint density at radius 1 is 1.38 bits per heavy atom. The summed E-state index contributed by atoms with van der Waals surface area (Å²) in [5, 5.41) is 9.84. The number of phenols is 1. The average molecular weight is 354 g/mol. The van der Waals surface area contributed by atoms with E-state index in [1.165, 1.54) is 43.5 Å². The van der Waals surface area contributed by atoms with E-state index < -0.39 is 0 Å². The van der Waals surface area contributed by atoms with Crippen LogP contribution in [0.25, 0.3) is 0 Å². The summed E-state index contributed by atoms with van der Waals surface area (Å²) in [6.07, 6.45) is 4.95. The molecule has 1 heterocycles. The summed E-state index contributed by atoms with van der Waals surface area (Å²) in [6.45, 7) is 9.54. The summed E-state index contributed by atoms with van der Waals surface area (Å²) < 4.78 is 0. The average Bonchev–Trinajstić information content (AvgIpc) is 2.43. The molecule has 3 unspecified atom stereocenters. The fraction of sp³-hybridized carbons (Fsp3) is 0.667. The quantitative estimate of drug-likeness (QED) is 0.875. The Kier molecular flexibility index (Phi) is 5.04. The molecule has 1 saturated heterocycles. The second kappa shape index (κ2) is 6.29. The molecule has 2 nitrogen and oxygen atoms in total. The Hall–Kier alpha value is -0.540. The molecule has 3 heteroatoms. The van der Waals surface area contributed by atoms with Gasteiger partial charge in [-0.3, -0.25) is 4.90 Å². The van der Waals surface area contributed by atoms with E-state index in [4.69, 9.17) is 0 Å². The fourth-order valence-electron chi connectivity index (χ4n) is 4.33. The van der Waals surface area contributed by atoms with Gasteiger partial charge in [0.05, 0.1) is 0 Å². The summed E-state index contributed by atoms with van der Waals surface area (Å²) in [4.78, 5) is 2.71. The van der Waals surface area contributed by atoms with E-state index >= 15 is 0 Å². The Morgan fingerprint density at radius 3 is 2.86 bits per heavy atom. The molecule has 21 heavy (non-hydrogen) atoms. The van der Waals surface area contributed by atoms with Gasteiger partial charge < -0.3 is 5.11 Å². The van der Waals surface area contributed by atoms with Crippen LogP contribution in [0.1, 0.15) is 51.2 Å².